The van der Waals surface area contributed by atoms with Crippen molar-refractivity contribution in [3.63, 3.8) is 0 Å². The van der Waals surface area contributed by atoms with Crippen LogP contribution in [-0.4, -0.2) is 16.5 Å². The number of ketones is 2. The van der Waals surface area contributed by atoms with Crippen molar-refractivity contribution in [3.05, 3.63) is 80.7 Å². The molecule has 4 rings (SSSR count). The third-order valence-electron chi connectivity index (χ3n) is 5.84. The molecule has 0 amide bonds. The molecular formula is C22H23KN2O7. The van der Waals surface area contributed by atoms with Gasteiger partial charge in [-0.25, -0.2) is 0 Å². The van der Waals surface area contributed by atoms with E-state index in [2.05, 4.69) is 17.1 Å². The average molecular weight is 467 g/mol. The fraction of sp³-hybridized carbons (Fsp3) is 0.364. The molecule has 164 valence electrons. The molecule has 2 fully saturated rings. The summed E-state index contributed by atoms with van der Waals surface area (Å²) in [7, 11) is 0. The number of nitro groups is 1. The van der Waals surface area contributed by atoms with Gasteiger partial charge in [-0.15, -0.1) is 4.91 Å². The van der Waals surface area contributed by atoms with Gasteiger partial charge in [0.2, 0.25) is 0 Å². The molecule has 2 aromatic rings. The van der Waals surface area contributed by atoms with E-state index in [4.69, 9.17) is 10.2 Å². The van der Waals surface area contributed by atoms with Gasteiger partial charge in [0.05, 0.1) is 15.8 Å². The van der Waals surface area contributed by atoms with Crippen LogP contribution in [0.2, 0.25) is 0 Å². The quantitative estimate of drug-likeness (QED) is 0.198. The summed E-state index contributed by atoms with van der Waals surface area (Å²) >= 11 is 0. The molecule has 9 nitrogen and oxygen atoms in total. The SMILES string of the molecule is CC(=O)C1(c2ccc([N+](=O)[O-])cc2)CC1.CC(=O)C1(c2ccccc2)CC1.O=NO[O-].[K+]. The fourth-order valence-corrected chi connectivity index (χ4v) is 3.60. The van der Waals surface area contributed by atoms with E-state index in [0.717, 1.165) is 31.2 Å². The molecule has 0 aromatic heterocycles. The number of carbonyl (C=O) groups excluding carboxylic acids is 2. The summed E-state index contributed by atoms with van der Waals surface area (Å²) in [6.45, 7) is 3.27. The Morgan fingerprint density at radius 3 is 1.53 bits per heavy atom. The van der Waals surface area contributed by atoms with E-state index in [0.29, 0.717) is 5.78 Å². The van der Waals surface area contributed by atoms with Crippen molar-refractivity contribution in [2.75, 3.05) is 0 Å². The molecule has 0 N–H and O–H groups in total. The Hall–Kier alpha value is -1.82. The van der Waals surface area contributed by atoms with Crippen molar-refractivity contribution in [2.45, 2.75) is 50.4 Å². The second kappa shape index (κ2) is 12.4. The number of carbonyl (C=O) groups is 2. The van der Waals surface area contributed by atoms with Crippen LogP contribution in [0.15, 0.2) is 59.9 Å². The van der Waals surface area contributed by atoms with Gasteiger partial charge in [-0.1, -0.05) is 42.5 Å². The normalized spacial score (nSPS) is 15.7. The van der Waals surface area contributed by atoms with E-state index in [1.807, 2.05) is 18.2 Å². The van der Waals surface area contributed by atoms with Crippen LogP contribution in [0.4, 0.5) is 5.69 Å². The Labute approximate surface area is 228 Å². The van der Waals surface area contributed by atoms with Crippen LogP contribution in [0, 0.1) is 15.0 Å². The number of hydrogen-bond donors (Lipinski definition) is 0. The van der Waals surface area contributed by atoms with Crippen LogP contribution >= 0.6 is 0 Å². The number of nitrogens with zero attached hydrogens (tertiary/aromatic N) is 2. The van der Waals surface area contributed by atoms with Crippen molar-refractivity contribution >= 4 is 17.3 Å². The minimum atomic E-state index is -0.433. The van der Waals surface area contributed by atoms with Crippen molar-refractivity contribution in [1.82, 2.24) is 0 Å². The van der Waals surface area contributed by atoms with Gasteiger partial charge in [0, 0.05) is 12.1 Å². The maximum atomic E-state index is 11.4. The van der Waals surface area contributed by atoms with Crippen molar-refractivity contribution < 1.29 is 76.1 Å². The number of non-ortho nitro benzene ring substituents is 1. The molecule has 0 radical (unpaired) electrons. The summed E-state index contributed by atoms with van der Waals surface area (Å²) in [6.07, 6.45) is 3.79. The third-order valence-corrected chi connectivity index (χ3v) is 5.84. The van der Waals surface area contributed by atoms with Crippen LogP contribution < -0.4 is 56.6 Å². The third kappa shape index (κ3) is 6.84. The molecule has 0 saturated heterocycles. The molecule has 10 heteroatoms. The summed E-state index contributed by atoms with van der Waals surface area (Å²) in [4.78, 5) is 43.5. The molecule has 0 aliphatic heterocycles. The monoisotopic (exact) mass is 466 g/mol. The zero-order valence-electron chi connectivity index (χ0n) is 18.3. The van der Waals surface area contributed by atoms with E-state index in [-0.39, 0.29) is 73.7 Å². The van der Waals surface area contributed by atoms with Gasteiger partial charge in [-0.2, -0.15) is 0 Å². The molecule has 0 heterocycles. The number of hydrogen-bond acceptors (Lipinski definition) is 8. The molecule has 2 aliphatic carbocycles. The zero-order valence-corrected chi connectivity index (χ0v) is 21.4. The smallest absolute Gasteiger partial charge is 0.635 e. The molecule has 0 unspecified atom stereocenters. The van der Waals surface area contributed by atoms with E-state index in [9.17, 15) is 19.7 Å². The second-order valence-electron chi connectivity index (χ2n) is 7.60. The van der Waals surface area contributed by atoms with E-state index in [1.54, 1.807) is 26.0 Å². The predicted octanol–water partition coefficient (Wildman–Crippen LogP) is 0.486. The zero-order chi connectivity index (χ0) is 23.1. The van der Waals surface area contributed by atoms with E-state index < -0.39 is 4.92 Å². The van der Waals surface area contributed by atoms with E-state index in [1.165, 1.54) is 23.0 Å². The molecule has 0 bridgehead atoms. The minimum absolute atomic E-state index is 0. The molecule has 2 aromatic carbocycles. The van der Waals surface area contributed by atoms with Crippen LogP contribution in [-0.2, 0) is 25.4 Å². The van der Waals surface area contributed by atoms with Gasteiger partial charge in [-0.3, -0.25) is 19.7 Å². The van der Waals surface area contributed by atoms with Gasteiger partial charge in [0.15, 0.2) is 0 Å². The summed E-state index contributed by atoms with van der Waals surface area (Å²) < 4.78 is 0. The predicted molar refractivity (Wildman–Crippen MR) is 110 cm³/mol. The number of benzene rings is 2. The topological polar surface area (TPSA) is 139 Å². The van der Waals surface area contributed by atoms with Gasteiger partial charge >= 0.3 is 51.4 Å². The first-order chi connectivity index (χ1) is 14.7. The first kappa shape index (κ1) is 28.2. The Kier molecular flexibility index (Phi) is 11.0. The summed E-state index contributed by atoms with van der Waals surface area (Å²) in [5, 5.41) is 20.2. The van der Waals surface area contributed by atoms with E-state index >= 15 is 0 Å². The van der Waals surface area contributed by atoms with Gasteiger partial charge in [0.25, 0.3) is 5.69 Å². The standard InChI is InChI=1S/C11H11NO3.C11H12O.K.HNO3/c1-8(13)11(6-7-11)9-2-4-10(5-3-9)12(14)15;1-9(12)11(7-8-11)10-5-3-2-4-6-10;;2-1-4-3/h2-5H,6-7H2,1H3;2-6H,7-8H2,1H3;;3H/q;;+1;/p-1. The minimum Gasteiger partial charge on any atom is -0.635 e. The maximum Gasteiger partial charge on any atom is 1.00 e. The molecule has 0 atom stereocenters. The van der Waals surface area contributed by atoms with Crippen LogP contribution in [0.25, 0.3) is 0 Å². The summed E-state index contributed by atoms with van der Waals surface area (Å²) in [5.74, 6) is 0.463. The Morgan fingerprint density at radius 2 is 1.25 bits per heavy atom. The van der Waals surface area contributed by atoms with Crippen molar-refractivity contribution in [1.29, 1.82) is 0 Å². The molecule has 0 spiro atoms. The molecule has 32 heavy (non-hydrogen) atoms. The van der Waals surface area contributed by atoms with Gasteiger partial charge < -0.3 is 10.2 Å². The largest absolute Gasteiger partial charge is 1.00 e. The Morgan fingerprint density at radius 1 is 0.875 bits per heavy atom. The van der Waals surface area contributed by atoms with Gasteiger partial charge in [0.1, 0.15) is 16.9 Å². The average Bonchev–Trinajstić information content (AvgIpc) is 3.69. The fourth-order valence-electron chi connectivity index (χ4n) is 3.60. The number of rotatable bonds is 6. The maximum absolute atomic E-state index is 11.4. The first-order valence-electron chi connectivity index (χ1n) is 9.68. The van der Waals surface area contributed by atoms with Crippen LogP contribution in [0.1, 0.15) is 50.7 Å². The van der Waals surface area contributed by atoms with Crippen molar-refractivity contribution in [2.24, 2.45) is 5.34 Å². The molecular weight excluding hydrogens is 443 g/mol. The van der Waals surface area contributed by atoms with Crippen molar-refractivity contribution in [3.8, 4) is 0 Å². The Bertz CT molecular complexity index is 941. The van der Waals surface area contributed by atoms with Crippen LogP contribution in [0.5, 0.6) is 0 Å². The second-order valence-corrected chi connectivity index (χ2v) is 7.60. The number of Topliss-reactive ketones (excluding diaryl/α,β-unsaturated/α-hetero) is 2. The molecule has 2 saturated carbocycles. The number of nitro benzene ring substituents is 1. The summed E-state index contributed by atoms with van der Waals surface area (Å²) in [5.41, 5.74) is 1.73. The van der Waals surface area contributed by atoms with Crippen LogP contribution in [0.3, 0.4) is 0 Å². The van der Waals surface area contributed by atoms with Gasteiger partial charge in [-0.05, 0) is 50.7 Å². The first-order valence-corrected chi connectivity index (χ1v) is 9.68. The summed E-state index contributed by atoms with van der Waals surface area (Å²) in [6, 6.07) is 16.4. The molecule has 2 aliphatic rings. The Balaban J connectivity index is 0.000000272.